The van der Waals surface area contributed by atoms with Crippen LogP contribution in [0.25, 0.3) is 0 Å². The molecule has 0 amide bonds. The van der Waals surface area contributed by atoms with E-state index in [4.69, 9.17) is 9.47 Å². The van der Waals surface area contributed by atoms with Crippen LogP contribution in [0.5, 0.6) is 11.5 Å². The smallest absolute Gasteiger partial charge is 0.204 e. The molecule has 0 saturated heterocycles. The maximum Gasteiger partial charge on any atom is 0.204 e. The third-order valence-electron chi connectivity index (χ3n) is 6.51. The number of hydrogen-bond acceptors (Lipinski definition) is 3. The van der Waals surface area contributed by atoms with Gasteiger partial charge in [0.25, 0.3) is 0 Å². The molecule has 0 heterocycles. The van der Waals surface area contributed by atoms with Crippen LogP contribution < -0.4 is 9.47 Å². The van der Waals surface area contributed by atoms with Crippen molar-refractivity contribution in [3.63, 3.8) is 0 Å². The lowest BCUT2D eigenvalue weighted by molar-refractivity contribution is -0.128. The summed E-state index contributed by atoms with van der Waals surface area (Å²) < 4.78 is 40.8. The second-order valence-electron chi connectivity index (χ2n) is 8.46. The van der Waals surface area contributed by atoms with E-state index in [0.29, 0.717) is 6.42 Å². The molecule has 1 unspecified atom stereocenters. The van der Waals surface area contributed by atoms with Gasteiger partial charge >= 0.3 is 0 Å². The monoisotopic (exact) mass is 406 g/mol. The van der Waals surface area contributed by atoms with Crippen LogP contribution in [-0.2, 0) is 4.79 Å². The zero-order chi connectivity index (χ0) is 20.7. The van der Waals surface area contributed by atoms with Gasteiger partial charge in [-0.2, -0.15) is 8.78 Å². The van der Waals surface area contributed by atoms with Crippen LogP contribution in [0.3, 0.4) is 0 Å². The highest BCUT2D eigenvalue weighted by Gasteiger charge is 2.46. The molecule has 160 valence electrons. The maximum atomic E-state index is 14.8. The second-order valence-corrected chi connectivity index (χ2v) is 8.46. The summed E-state index contributed by atoms with van der Waals surface area (Å²) >= 11 is 0. The summed E-state index contributed by atoms with van der Waals surface area (Å²) in [7, 11) is 0. The van der Waals surface area contributed by atoms with E-state index in [2.05, 4.69) is 6.58 Å². The van der Waals surface area contributed by atoms with Crippen molar-refractivity contribution in [3.8, 4) is 11.5 Å². The molecule has 0 N–H and O–H groups in total. The second kappa shape index (κ2) is 10.2. The molecule has 3 rings (SSSR count). The zero-order valence-corrected chi connectivity index (χ0v) is 17.1. The Hall–Kier alpha value is -1.91. The minimum Gasteiger partial charge on any atom is -0.490 e. The Morgan fingerprint density at radius 2 is 1.66 bits per heavy atom. The minimum absolute atomic E-state index is 0.124. The zero-order valence-electron chi connectivity index (χ0n) is 17.1. The lowest BCUT2D eigenvalue weighted by atomic mass is 9.65. The summed E-state index contributed by atoms with van der Waals surface area (Å²) in [6, 6.07) is 2.84. The Labute approximate surface area is 172 Å². The number of hydrogen-bond donors (Lipinski definition) is 0. The van der Waals surface area contributed by atoms with Gasteiger partial charge in [0.05, 0.1) is 12.0 Å². The highest BCUT2D eigenvalue weighted by molar-refractivity contribution is 5.61. The summed E-state index contributed by atoms with van der Waals surface area (Å²) in [4.78, 5) is 12.2. The van der Waals surface area contributed by atoms with E-state index < -0.39 is 23.2 Å². The van der Waals surface area contributed by atoms with Crippen molar-refractivity contribution in [2.45, 2.75) is 76.7 Å². The van der Waals surface area contributed by atoms with Crippen molar-refractivity contribution in [1.82, 2.24) is 0 Å². The Balaban J connectivity index is 1.86. The molecule has 2 aliphatic carbocycles. The highest BCUT2D eigenvalue weighted by Crippen LogP contribution is 2.45. The van der Waals surface area contributed by atoms with Crippen molar-refractivity contribution in [3.05, 3.63) is 36.4 Å². The normalized spacial score (nSPS) is 20.6. The van der Waals surface area contributed by atoms with Gasteiger partial charge in [0.1, 0.15) is 12.4 Å². The Morgan fingerprint density at radius 3 is 2.31 bits per heavy atom. The van der Waals surface area contributed by atoms with Crippen LogP contribution in [0, 0.1) is 23.0 Å². The van der Waals surface area contributed by atoms with Crippen molar-refractivity contribution >= 4 is 6.29 Å². The Morgan fingerprint density at radius 1 is 1.03 bits per heavy atom. The van der Waals surface area contributed by atoms with Crippen LogP contribution in [0.15, 0.2) is 24.8 Å². The van der Waals surface area contributed by atoms with Crippen LogP contribution in [-0.4, -0.2) is 19.0 Å². The van der Waals surface area contributed by atoms with Gasteiger partial charge in [-0.05, 0) is 50.2 Å². The van der Waals surface area contributed by atoms with Crippen molar-refractivity contribution in [1.29, 1.82) is 0 Å². The van der Waals surface area contributed by atoms with Crippen molar-refractivity contribution < 1.29 is 23.0 Å². The van der Waals surface area contributed by atoms with Gasteiger partial charge in [-0.15, -0.1) is 6.58 Å². The first-order valence-electron chi connectivity index (χ1n) is 11.0. The Bertz CT molecular complexity index is 692. The molecule has 2 aliphatic rings. The number of carbonyl (C=O) groups excluding carboxylic acids is 1. The van der Waals surface area contributed by atoms with Gasteiger partial charge in [-0.1, -0.05) is 44.6 Å². The highest BCUT2D eigenvalue weighted by atomic mass is 19.2. The molecule has 0 aromatic heterocycles. The summed E-state index contributed by atoms with van der Waals surface area (Å²) in [5.41, 5.74) is -0.609. The minimum atomic E-state index is -1.04. The van der Waals surface area contributed by atoms with E-state index in [1.807, 2.05) is 0 Å². The number of rotatable bonds is 9. The molecule has 3 nitrogen and oxygen atoms in total. The molecular weight excluding hydrogens is 374 g/mol. The van der Waals surface area contributed by atoms with E-state index in [0.717, 1.165) is 64.1 Å². The SMILES string of the molecule is C=CCCOc1ccc(OC(C2CCCCC2)C2(C=O)CCCCC2)c(F)c1F. The van der Waals surface area contributed by atoms with E-state index in [1.165, 1.54) is 18.6 Å². The molecule has 1 aromatic carbocycles. The van der Waals surface area contributed by atoms with Crippen LogP contribution in [0.4, 0.5) is 8.78 Å². The standard InChI is InChI=1S/C24H32F2O3/c1-2-3-16-28-19-12-13-20(22(26)21(19)25)29-23(18-10-6-4-7-11-18)24(17-27)14-8-5-9-15-24/h2,12-13,17-18,23H,1,3-11,14-16H2. The summed E-state index contributed by atoms with van der Waals surface area (Å²) in [6.07, 6.45) is 12.7. The third-order valence-corrected chi connectivity index (χ3v) is 6.51. The fourth-order valence-electron chi connectivity index (χ4n) is 4.90. The summed E-state index contributed by atoms with van der Waals surface area (Å²) in [5, 5.41) is 0. The Kier molecular flexibility index (Phi) is 7.68. The number of halogens is 2. The maximum absolute atomic E-state index is 14.8. The molecule has 0 radical (unpaired) electrons. The van der Waals surface area contributed by atoms with Gasteiger partial charge in [0.15, 0.2) is 11.5 Å². The van der Waals surface area contributed by atoms with Gasteiger partial charge in [-0.3, -0.25) is 0 Å². The van der Waals surface area contributed by atoms with Gasteiger partial charge in [-0.25, -0.2) is 0 Å². The van der Waals surface area contributed by atoms with E-state index in [1.54, 1.807) is 6.08 Å². The van der Waals surface area contributed by atoms with Crippen LogP contribution >= 0.6 is 0 Å². The number of ether oxygens (including phenoxy) is 2. The van der Waals surface area contributed by atoms with E-state index in [9.17, 15) is 13.6 Å². The van der Waals surface area contributed by atoms with Gasteiger partial charge < -0.3 is 14.3 Å². The van der Waals surface area contributed by atoms with Crippen LogP contribution in [0.1, 0.15) is 70.6 Å². The molecule has 2 saturated carbocycles. The molecule has 0 spiro atoms. The first-order valence-corrected chi connectivity index (χ1v) is 11.0. The average Bonchev–Trinajstić information content (AvgIpc) is 2.77. The lowest BCUT2D eigenvalue weighted by Crippen LogP contribution is -2.47. The summed E-state index contributed by atoms with van der Waals surface area (Å²) in [5.74, 6) is -2.15. The number of carbonyl (C=O) groups is 1. The predicted molar refractivity (Wildman–Crippen MR) is 109 cm³/mol. The van der Waals surface area contributed by atoms with E-state index in [-0.39, 0.29) is 24.0 Å². The molecule has 1 aromatic rings. The quantitative estimate of drug-likeness (QED) is 0.270. The molecule has 5 heteroatoms. The first-order chi connectivity index (χ1) is 14.1. The van der Waals surface area contributed by atoms with Crippen molar-refractivity contribution in [2.75, 3.05) is 6.61 Å². The van der Waals surface area contributed by atoms with E-state index >= 15 is 0 Å². The number of benzene rings is 1. The largest absolute Gasteiger partial charge is 0.490 e. The van der Waals surface area contributed by atoms with Gasteiger partial charge in [0.2, 0.25) is 11.6 Å². The van der Waals surface area contributed by atoms with Crippen molar-refractivity contribution in [2.24, 2.45) is 11.3 Å². The molecule has 29 heavy (non-hydrogen) atoms. The fraction of sp³-hybridized carbons (Fsp3) is 0.625. The van der Waals surface area contributed by atoms with Gasteiger partial charge in [0, 0.05) is 0 Å². The topological polar surface area (TPSA) is 35.5 Å². The fourth-order valence-corrected chi connectivity index (χ4v) is 4.90. The molecule has 1 atom stereocenters. The average molecular weight is 407 g/mol. The van der Waals surface area contributed by atoms with Crippen LogP contribution in [0.2, 0.25) is 0 Å². The molecular formula is C24H32F2O3. The number of aldehydes is 1. The molecule has 0 bridgehead atoms. The molecule has 2 fully saturated rings. The predicted octanol–water partition coefficient (Wildman–Crippen LogP) is 6.40. The third kappa shape index (κ3) is 4.99. The lowest BCUT2D eigenvalue weighted by Gasteiger charge is -2.44. The first kappa shape index (κ1) is 21.8. The molecule has 0 aliphatic heterocycles. The summed E-state index contributed by atoms with van der Waals surface area (Å²) in [6.45, 7) is 3.82.